The Labute approximate surface area is 91.5 Å². The number of phenols is 2. The van der Waals surface area contributed by atoms with E-state index in [-0.39, 0.29) is 35.7 Å². The first-order valence-electron chi connectivity index (χ1n) is 4.42. The minimum atomic E-state index is -0.541. The van der Waals surface area contributed by atoms with Crippen molar-refractivity contribution in [2.75, 3.05) is 7.05 Å². The monoisotopic (exact) mass is 225 g/mol. The second-order valence-corrected chi connectivity index (χ2v) is 2.99. The number of aromatic hydroxyl groups is 2. The molecule has 0 aliphatic carbocycles. The molecule has 0 aliphatic heterocycles. The molecule has 6 nitrogen and oxygen atoms in total. The average molecular weight is 225 g/mol. The summed E-state index contributed by atoms with van der Waals surface area (Å²) in [6, 6.07) is 2.34. The summed E-state index contributed by atoms with van der Waals surface area (Å²) in [5, 5.41) is 21.3. The molecule has 0 aliphatic rings. The van der Waals surface area contributed by atoms with Crippen LogP contribution < -0.4 is 5.32 Å². The molecule has 6 heteroatoms. The molecule has 16 heavy (non-hydrogen) atoms. The number of hydrogen-bond acceptors (Lipinski definition) is 5. The highest BCUT2D eigenvalue weighted by Gasteiger charge is 2.15. The van der Waals surface area contributed by atoms with Crippen molar-refractivity contribution in [2.45, 2.75) is 6.61 Å². The number of phenolic OH excluding ortho intramolecular Hbond substituents is 2. The van der Waals surface area contributed by atoms with Gasteiger partial charge in [-0.2, -0.15) is 0 Å². The largest absolute Gasteiger partial charge is 0.508 e. The predicted molar refractivity (Wildman–Crippen MR) is 54.0 cm³/mol. The van der Waals surface area contributed by atoms with Gasteiger partial charge >= 0.3 is 0 Å². The van der Waals surface area contributed by atoms with E-state index in [1.165, 1.54) is 13.1 Å². The summed E-state index contributed by atoms with van der Waals surface area (Å²) in [6.45, 7) is -0.00319. The third-order valence-corrected chi connectivity index (χ3v) is 1.95. The molecule has 0 radical (unpaired) electrons. The van der Waals surface area contributed by atoms with Gasteiger partial charge in [0.15, 0.2) is 0 Å². The van der Waals surface area contributed by atoms with Crippen LogP contribution in [0.4, 0.5) is 0 Å². The number of hydrogen-bond donors (Lipinski definition) is 3. The normalized spacial score (nSPS) is 9.56. The van der Waals surface area contributed by atoms with Gasteiger partial charge in [0.1, 0.15) is 18.1 Å². The molecule has 0 saturated heterocycles. The summed E-state index contributed by atoms with van der Waals surface area (Å²) in [4.78, 5) is 21.3. The second kappa shape index (κ2) is 5.01. The van der Waals surface area contributed by atoms with E-state index >= 15 is 0 Å². The van der Waals surface area contributed by atoms with Crippen molar-refractivity contribution in [3.05, 3.63) is 23.3 Å². The molecular formula is C10H11NO5. The summed E-state index contributed by atoms with van der Waals surface area (Å²) >= 11 is 0. The zero-order chi connectivity index (χ0) is 12.1. The van der Waals surface area contributed by atoms with Crippen molar-refractivity contribution < 1.29 is 24.5 Å². The highest BCUT2D eigenvalue weighted by molar-refractivity contribution is 5.97. The molecule has 0 spiro atoms. The van der Waals surface area contributed by atoms with E-state index in [1.807, 2.05) is 0 Å². The Hall–Kier alpha value is -2.24. The van der Waals surface area contributed by atoms with Gasteiger partial charge in [0.05, 0.1) is 5.56 Å². The summed E-state index contributed by atoms with van der Waals surface area (Å²) in [6.07, 6.45) is 0. The molecule has 0 saturated carbocycles. The average Bonchev–Trinajstić information content (AvgIpc) is 2.28. The molecule has 0 aromatic heterocycles. The molecule has 0 atom stereocenters. The fourth-order valence-electron chi connectivity index (χ4n) is 1.22. The molecule has 0 fully saturated rings. The second-order valence-electron chi connectivity index (χ2n) is 2.99. The van der Waals surface area contributed by atoms with Gasteiger partial charge in [-0.15, -0.1) is 0 Å². The highest BCUT2D eigenvalue weighted by atomic mass is 16.5. The minimum absolute atomic E-state index is 0.0769. The lowest BCUT2D eigenvalue weighted by Gasteiger charge is -2.09. The molecule has 0 heterocycles. The smallest absolute Gasteiger partial charge is 0.293 e. The molecule has 1 aromatic carbocycles. The van der Waals surface area contributed by atoms with Gasteiger partial charge in [-0.1, -0.05) is 0 Å². The van der Waals surface area contributed by atoms with E-state index in [1.54, 1.807) is 0 Å². The van der Waals surface area contributed by atoms with Crippen molar-refractivity contribution in [1.29, 1.82) is 0 Å². The van der Waals surface area contributed by atoms with E-state index in [0.29, 0.717) is 0 Å². The van der Waals surface area contributed by atoms with Crippen molar-refractivity contribution in [3.8, 4) is 11.5 Å². The summed E-state index contributed by atoms with van der Waals surface area (Å²) in [7, 11) is 1.40. The van der Waals surface area contributed by atoms with Crippen molar-refractivity contribution in [3.63, 3.8) is 0 Å². The molecule has 0 unspecified atom stereocenters. The maximum absolute atomic E-state index is 11.3. The third kappa shape index (κ3) is 2.41. The van der Waals surface area contributed by atoms with Gasteiger partial charge < -0.3 is 20.3 Å². The lowest BCUT2D eigenvalue weighted by atomic mass is 10.1. The Morgan fingerprint density at radius 3 is 2.75 bits per heavy atom. The third-order valence-electron chi connectivity index (χ3n) is 1.95. The quantitative estimate of drug-likeness (QED) is 0.500. The molecular weight excluding hydrogens is 214 g/mol. The predicted octanol–water partition coefficient (Wildman–Crippen LogP) is 0.130. The minimum Gasteiger partial charge on any atom is -0.508 e. The number of carbonyl (C=O) groups is 2. The van der Waals surface area contributed by atoms with Gasteiger partial charge in [0, 0.05) is 12.6 Å². The maximum atomic E-state index is 11.3. The molecule has 1 rings (SSSR count). The fourth-order valence-corrected chi connectivity index (χ4v) is 1.22. The SMILES string of the molecule is CNC(=O)c1cc(O)cc(COC=O)c1O. The van der Waals surface area contributed by atoms with Crippen LogP contribution in [0.5, 0.6) is 11.5 Å². The first-order valence-corrected chi connectivity index (χ1v) is 4.42. The van der Waals surface area contributed by atoms with Gasteiger partial charge in [-0.25, -0.2) is 0 Å². The Balaban J connectivity index is 3.14. The Morgan fingerprint density at radius 2 is 2.19 bits per heavy atom. The fraction of sp³-hybridized carbons (Fsp3) is 0.200. The Bertz CT molecular complexity index is 416. The Morgan fingerprint density at radius 1 is 1.50 bits per heavy atom. The summed E-state index contributed by atoms with van der Waals surface area (Å²) in [5.74, 6) is -1.05. The van der Waals surface area contributed by atoms with E-state index < -0.39 is 5.91 Å². The first-order chi connectivity index (χ1) is 7.60. The van der Waals surface area contributed by atoms with E-state index in [2.05, 4.69) is 10.1 Å². The summed E-state index contributed by atoms with van der Waals surface area (Å²) in [5.41, 5.74) is 0.0812. The number of amides is 1. The van der Waals surface area contributed by atoms with Crippen LogP contribution in [0.25, 0.3) is 0 Å². The molecule has 0 bridgehead atoms. The number of rotatable bonds is 4. The van der Waals surface area contributed by atoms with Crippen LogP contribution in [-0.4, -0.2) is 29.6 Å². The Kier molecular flexibility index (Phi) is 3.71. The van der Waals surface area contributed by atoms with Crippen LogP contribution in [0.3, 0.4) is 0 Å². The highest BCUT2D eigenvalue weighted by Crippen LogP contribution is 2.28. The van der Waals surface area contributed by atoms with Gasteiger partial charge in [-0.3, -0.25) is 9.59 Å². The number of ether oxygens (including phenoxy) is 1. The van der Waals surface area contributed by atoms with Crippen LogP contribution >= 0.6 is 0 Å². The van der Waals surface area contributed by atoms with Crippen LogP contribution in [0.2, 0.25) is 0 Å². The topological polar surface area (TPSA) is 95.9 Å². The lowest BCUT2D eigenvalue weighted by Crippen LogP contribution is -2.18. The van der Waals surface area contributed by atoms with Crippen molar-refractivity contribution in [2.24, 2.45) is 0 Å². The van der Waals surface area contributed by atoms with Crippen LogP contribution in [-0.2, 0) is 16.1 Å². The van der Waals surface area contributed by atoms with Crippen molar-refractivity contribution in [1.82, 2.24) is 5.32 Å². The lowest BCUT2D eigenvalue weighted by molar-refractivity contribution is -0.129. The maximum Gasteiger partial charge on any atom is 0.293 e. The number of benzene rings is 1. The standard InChI is InChI=1S/C10H11NO5/c1-11-10(15)8-3-7(13)2-6(9(8)14)4-16-5-12/h2-3,5,13-14H,4H2,1H3,(H,11,15). The van der Waals surface area contributed by atoms with E-state index in [9.17, 15) is 19.8 Å². The van der Waals surface area contributed by atoms with Crippen LogP contribution in [0.1, 0.15) is 15.9 Å². The number of carbonyl (C=O) groups excluding carboxylic acids is 2. The van der Waals surface area contributed by atoms with Crippen molar-refractivity contribution >= 4 is 12.4 Å². The van der Waals surface area contributed by atoms with Crippen LogP contribution in [0, 0.1) is 0 Å². The zero-order valence-corrected chi connectivity index (χ0v) is 8.56. The van der Waals surface area contributed by atoms with Gasteiger partial charge in [0.25, 0.3) is 12.4 Å². The molecule has 1 amide bonds. The van der Waals surface area contributed by atoms with Gasteiger partial charge in [-0.05, 0) is 12.1 Å². The van der Waals surface area contributed by atoms with Gasteiger partial charge in [0.2, 0.25) is 0 Å². The zero-order valence-electron chi connectivity index (χ0n) is 8.56. The molecule has 3 N–H and O–H groups in total. The first kappa shape index (κ1) is 11.8. The summed E-state index contributed by atoms with van der Waals surface area (Å²) < 4.78 is 4.44. The van der Waals surface area contributed by atoms with Crippen LogP contribution in [0.15, 0.2) is 12.1 Å². The molecule has 1 aromatic rings. The number of nitrogens with one attached hydrogen (secondary N) is 1. The van der Waals surface area contributed by atoms with E-state index in [0.717, 1.165) is 6.07 Å². The van der Waals surface area contributed by atoms with E-state index in [4.69, 9.17) is 0 Å². The molecule has 86 valence electrons.